The number of pyridine rings is 1. The van der Waals surface area contributed by atoms with Crippen molar-refractivity contribution in [2.45, 2.75) is 12.8 Å². The van der Waals surface area contributed by atoms with E-state index < -0.39 is 0 Å². The normalized spacial score (nSPS) is 10.8. The van der Waals surface area contributed by atoms with E-state index in [0.717, 1.165) is 29.7 Å². The Balaban J connectivity index is 1.54. The number of imidazole rings is 1. The molecule has 1 amide bonds. The SMILES string of the molecule is Cn1c(CCCNC(=O)c2ccccn2)nc2ccccc21. The molecule has 22 heavy (non-hydrogen) atoms. The Morgan fingerprint density at radius 1 is 1.18 bits per heavy atom. The third-order valence-corrected chi connectivity index (χ3v) is 3.64. The smallest absolute Gasteiger partial charge is 0.269 e. The molecule has 3 rings (SSSR count). The highest BCUT2D eigenvalue weighted by Crippen LogP contribution is 2.14. The Hall–Kier alpha value is -2.69. The van der Waals surface area contributed by atoms with Gasteiger partial charge in [0, 0.05) is 26.2 Å². The Kier molecular flexibility index (Phi) is 4.14. The zero-order chi connectivity index (χ0) is 15.4. The predicted molar refractivity (Wildman–Crippen MR) is 85.6 cm³/mol. The fourth-order valence-electron chi connectivity index (χ4n) is 2.46. The minimum Gasteiger partial charge on any atom is -0.351 e. The van der Waals surface area contributed by atoms with Crippen molar-refractivity contribution in [1.29, 1.82) is 0 Å². The quantitative estimate of drug-likeness (QED) is 0.735. The van der Waals surface area contributed by atoms with Crippen LogP contribution < -0.4 is 5.32 Å². The fourth-order valence-corrected chi connectivity index (χ4v) is 2.46. The average Bonchev–Trinajstić information content (AvgIpc) is 2.89. The number of rotatable bonds is 5. The molecule has 0 aliphatic rings. The number of carbonyl (C=O) groups is 1. The average molecular weight is 294 g/mol. The van der Waals surface area contributed by atoms with Gasteiger partial charge in [0.15, 0.2) is 0 Å². The van der Waals surface area contributed by atoms with Gasteiger partial charge < -0.3 is 9.88 Å². The molecule has 0 atom stereocenters. The Morgan fingerprint density at radius 3 is 2.77 bits per heavy atom. The lowest BCUT2D eigenvalue weighted by Crippen LogP contribution is -2.25. The van der Waals surface area contributed by atoms with Crippen LogP contribution in [0.25, 0.3) is 11.0 Å². The van der Waals surface area contributed by atoms with Crippen molar-refractivity contribution in [2.24, 2.45) is 7.05 Å². The number of nitrogens with zero attached hydrogens (tertiary/aromatic N) is 3. The second-order valence-corrected chi connectivity index (χ2v) is 5.15. The largest absolute Gasteiger partial charge is 0.351 e. The number of aryl methyl sites for hydroxylation is 2. The van der Waals surface area contributed by atoms with Crippen LogP contribution in [0, 0.1) is 0 Å². The van der Waals surface area contributed by atoms with Gasteiger partial charge in [0.1, 0.15) is 11.5 Å². The molecule has 0 saturated carbocycles. The summed E-state index contributed by atoms with van der Waals surface area (Å²) in [6, 6.07) is 13.4. The Morgan fingerprint density at radius 2 is 2.00 bits per heavy atom. The van der Waals surface area contributed by atoms with Crippen LogP contribution in [-0.2, 0) is 13.5 Å². The summed E-state index contributed by atoms with van der Waals surface area (Å²) in [5, 5.41) is 2.88. The van der Waals surface area contributed by atoms with Crippen molar-refractivity contribution in [3.63, 3.8) is 0 Å². The first kappa shape index (κ1) is 14.3. The zero-order valence-electron chi connectivity index (χ0n) is 12.5. The zero-order valence-corrected chi connectivity index (χ0v) is 12.5. The molecule has 0 radical (unpaired) electrons. The first-order valence-corrected chi connectivity index (χ1v) is 7.35. The predicted octanol–water partition coefficient (Wildman–Crippen LogP) is 2.33. The number of aromatic nitrogens is 3. The van der Waals surface area contributed by atoms with Crippen LogP contribution in [0.2, 0.25) is 0 Å². The van der Waals surface area contributed by atoms with Gasteiger partial charge in [0.2, 0.25) is 0 Å². The highest BCUT2D eigenvalue weighted by molar-refractivity contribution is 5.92. The fraction of sp³-hybridized carbons (Fsp3) is 0.235. The van der Waals surface area contributed by atoms with Crippen LogP contribution in [0.5, 0.6) is 0 Å². The van der Waals surface area contributed by atoms with Crippen LogP contribution in [0.1, 0.15) is 22.7 Å². The Bertz CT molecular complexity index is 780. The van der Waals surface area contributed by atoms with Gasteiger partial charge in [-0.2, -0.15) is 0 Å². The van der Waals surface area contributed by atoms with E-state index in [1.807, 2.05) is 25.2 Å². The number of benzene rings is 1. The van der Waals surface area contributed by atoms with E-state index in [0.29, 0.717) is 12.2 Å². The summed E-state index contributed by atoms with van der Waals surface area (Å²) in [6.45, 7) is 0.610. The lowest BCUT2D eigenvalue weighted by Gasteiger charge is -2.05. The number of hydrogen-bond acceptors (Lipinski definition) is 3. The van der Waals surface area contributed by atoms with Crippen LogP contribution >= 0.6 is 0 Å². The highest BCUT2D eigenvalue weighted by Gasteiger charge is 2.08. The molecule has 0 unspecified atom stereocenters. The highest BCUT2D eigenvalue weighted by atomic mass is 16.1. The lowest BCUT2D eigenvalue weighted by atomic mass is 10.3. The molecule has 0 saturated heterocycles. The second kappa shape index (κ2) is 6.39. The van der Waals surface area contributed by atoms with Gasteiger partial charge in [0.25, 0.3) is 5.91 Å². The number of amides is 1. The second-order valence-electron chi connectivity index (χ2n) is 5.15. The molecule has 0 fully saturated rings. The first-order valence-electron chi connectivity index (χ1n) is 7.35. The van der Waals surface area contributed by atoms with Crippen LogP contribution in [-0.4, -0.2) is 27.0 Å². The van der Waals surface area contributed by atoms with Crippen molar-refractivity contribution in [3.05, 3.63) is 60.2 Å². The van der Waals surface area contributed by atoms with Crippen molar-refractivity contribution >= 4 is 16.9 Å². The van der Waals surface area contributed by atoms with Crippen LogP contribution in [0.3, 0.4) is 0 Å². The first-order chi connectivity index (χ1) is 10.8. The van der Waals surface area contributed by atoms with E-state index in [9.17, 15) is 4.79 Å². The van der Waals surface area contributed by atoms with Crippen molar-refractivity contribution in [3.8, 4) is 0 Å². The van der Waals surface area contributed by atoms with Gasteiger partial charge >= 0.3 is 0 Å². The summed E-state index contributed by atoms with van der Waals surface area (Å²) < 4.78 is 2.11. The third kappa shape index (κ3) is 2.98. The standard InChI is InChI=1S/C17H18N4O/c1-21-15-9-3-2-7-13(15)20-16(21)10-6-12-19-17(22)14-8-4-5-11-18-14/h2-5,7-9,11H,6,10,12H2,1H3,(H,19,22). The number of para-hydroxylation sites is 2. The summed E-state index contributed by atoms with van der Waals surface area (Å²) in [6.07, 6.45) is 3.29. The van der Waals surface area contributed by atoms with Gasteiger partial charge in [-0.25, -0.2) is 4.98 Å². The van der Waals surface area contributed by atoms with E-state index in [1.165, 1.54) is 0 Å². The molecule has 5 heteroatoms. The molecule has 0 bridgehead atoms. The number of hydrogen-bond donors (Lipinski definition) is 1. The molecule has 3 aromatic rings. The lowest BCUT2D eigenvalue weighted by molar-refractivity contribution is 0.0948. The molecule has 5 nitrogen and oxygen atoms in total. The summed E-state index contributed by atoms with van der Waals surface area (Å²) >= 11 is 0. The van der Waals surface area contributed by atoms with Crippen molar-refractivity contribution in [2.75, 3.05) is 6.54 Å². The maximum Gasteiger partial charge on any atom is 0.269 e. The molecular formula is C17H18N4O. The molecule has 0 aliphatic carbocycles. The van der Waals surface area contributed by atoms with Gasteiger partial charge in [0.05, 0.1) is 11.0 Å². The van der Waals surface area contributed by atoms with E-state index in [1.54, 1.807) is 24.4 Å². The molecule has 2 aromatic heterocycles. The van der Waals surface area contributed by atoms with Crippen molar-refractivity contribution in [1.82, 2.24) is 19.9 Å². The topological polar surface area (TPSA) is 59.8 Å². The van der Waals surface area contributed by atoms with E-state index in [4.69, 9.17) is 0 Å². The number of nitrogens with one attached hydrogen (secondary N) is 1. The molecule has 0 aliphatic heterocycles. The molecule has 112 valence electrons. The van der Waals surface area contributed by atoms with Gasteiger partial charge in [-0.15, -0.1) is 0 Å². The molecular weight excluding hydrogens is 276 g/mol. The summed E-state index contributed by atoms with van der Waals surface area (Å²) in [5.41, 5.74) is 2.60. The molecule has 0 spiro atoms. The van der Waals surface area contributed by atoms with Gasteiger partial charge in [-0.05, 0) is 30.7 Å². The summed E-state index contributed by atoms with van der Waals surface area (Å²) in [5.74, 6) is 0.902. The minimum atomic E-state index is -0.134. The molecule has 1 aromatic carbocycles. The minimum absolute atomic E-state index is 0.134. The van der Waals surface area contributed by atoms with E-state index >= 15 is 0 Å². The maximum absolute atomic E-state index is 11.9. The maximum atomic E-state index is 11.9. The monoisotopic (exact) mass is 294 g/mol. The third-order valence-electron chi connectivity index (χ3n) is 3.64. The summed E-state index contributed by atoms with van der Waals surface area (Å²) in [7, 11) is 2.02. The number of carbonyl (C=O) groups excluding carboxylic acids is 1. The van der Waals surface area contributed by atoms with E-state index in [-0.39, 0.29) is 5.91 Å². The van der Waals surface area contributed by atoms with E-state index in [2.05, 4.69) is 25.9 Å². The Labute approximate surface area is 129 Å². The van der Waals surface area contributed by atoms with Gasteiger partial charge in [-0.3, -0.25) is 9.78 Å². The van der Waals surface area contributed by atoms with Crippen LogP contribution in [0.4, 0.5) is 0 Å². The molecule has 1 N–H and O–H groups in total. The van der Waals surface area contributed by atoms with Crippen LogP contribution in [0.15, 0.2) is 48.7 Å². The summed E-state index contributed by atoms with van der Waals surface area (Å²) in [4.78, 5) is 20.5. The van der Waals surface area contributed by atoms with Crippen molar-refractivity contribution < 1.29 is 4.79 Å². The van der Waals surface area contributed by atoms with Gasteiger partial charge in [-0.1, -0.05) is 18.2 Å². The molecule has 2 heterocycles. The number of fused-ring (bicyclic) bond motifs is 1.